The number of carboxylic acids is 1. The summed E-state index contributed by atoms with van der Waals surface area (Å²) >= 11 is 0. The Hall–Kier alpha value is -4.71. The normalized spacial score (nSPS) is 14.6. The van der Waals surface area contributed by atoms with E-state index in [4.69, 9.17) is 11.5 Å². The molecule has 5 unspecified atom stereocenters. The number of aromatic amines is 1. The van der Waals surface area contributed by atoms with Crippen LogP contribution < -0.4 is 27.4 Å². The van der Waals surface area contributed by atoms with Crippen LogP contribution in [0.4, 0.5) is 0 Å². The number of para-hydroxylation sites is 1. The van der Waals surface area contributed by atoms with E-state index in [0.29, 0.717) is 17.5 Å². The lowest BCUT2D eigenvalue weighted by Crippen LogP contribution is -2.58. The molecule has 0 aliphatic rings. The van der Waals surface area contributed by atoms with Crippen LogP contribution in [0.5, 0.6) is 0 Å². The maximum Gasteiger partial charge on any atom is 0.326 e. The van der Waals surface area contributed by atoms with E-state index in [0.717, 1.165) is 10.9 Å². The van der Waals surface area contributed by atoms with E-state index in [1.54, 1.807) is 43.5 Å². The minimum Gasteiger partial charge on any atom is -0.480 e. The van der Waals surface area contributed by atoms with Crippen molar-refractivity contribution in [3.05, 3.63) is 71.9 Å². The van der Waals surface area contributed by atoms with Crippen LogP contribution >= 0.6 is 0 Å². The van der Waals surface area contributed by atoms with Gasteiger partial charge in [-0.3, -0.25) is 19.2 Å². The number of fused-ring (bicyclic) bond motifs is 1. The Labute approximate surface area is 250 Å². The van der Waals surface area contributed by atoms with E-state index in [-0.39, 0.29) is 31.6 Å². The van der Waals surface area contributed by atoms with E-state index in [1.807, 2.05) is 31.2 Å². The molecule has 3 aromatic rings. The number of rotatable bonds is 16. The second-order valence-corrected chi connectivity index (χ2v) is 10.7. The van der Waals surface area contributed by atoms with E-state index < -0.39 is 53.8 Å². The van der Waals surface area contributed by atoms with Gasteiger partial charge in [-0.25, -0.2) is 4.79 Å². The molecule has 0 saturated carbocycles. The number of primary amides is 1. The molecule has 2 aromatic carbocycles. The summed E-state index contributed by atoms with van der Waals surface area (Å²) in [4.78, 5) is 66.6. The van der Waals surface area contributed by atoms with Crippen LogP contribution in [0.25, 0.3) is 10.9 Å². The zero-order chi connectivity index (χ0) is 31.5. The summed E-state index contributed by atoms with van der Waals surface area (Å²) in [5.74, 6) is -4.10. The summed E-state index contributed by atoms with van der Waals surface area (Å²) in [7, 11) is 0. The third-order valence-electron chi connectivity index (χ3n) is 7.50. The van der Waals surface area contributed by atoms with E-state index in [1.165, 1.54) is 0 Å². The first-order valence-corrected chi connectivity index (χ1v) is 14.3. The second-order valence-electron chi connectivity index (χ2n) is 10.7. The quantitative estimate of drug-likeness (QED) is 0.129. The second kappa shape index (κ2) is 15.5. The van der Waals surface area contributed by atoms with Gasteiger partial charge in [-0.15, -0.1) is 0 Å². The Morgan fingerprint density at radius 3 is 2.09 bits per heavy atom. The molecule has 1 aromatic heterocycles. The van der Waals surface area contributed by atoms with Crippen molar-refractivity contribution < 1.29 is 29.1 Å². The SMILES string of the molecule is CCC(C)C(N)C(=O)NC(CCC(N)=O)C(=O)NC(Cc1ccccc1)C(=O)NC(Cc1c[nH]c2ccccc12)C(=O)O. The summed E-state index contributed by atoms with van der Waals surface area (Å²) in [5.41, 5.74) is 13.6. The third kappa shape index (κ3) is 9.40. The molecule has 5 atom stereocenters. The molecule has 0 aliphatic carbocycles. The molecule has 43 heavy (non-hydrogen) atoms. The van der Waals surface area contributed by atoms with Crippen LogP contribution in [0.2, 0.25) is 0 Å². The fourth-order valence-electron chi connectivity index (χ4n) is 4.66. The zero-order valence-corrected chi connectivity index (χ0v) is 24.3. The van der Waals surface area contributed by atoms with Crippen molar-refractivity contribution in [1.29, 1.82) is 0 Å². The van der Waals surface area contributed by atoms with Crippen molar-refractivity contribution >= 4 is 40.5 Å². The van der Waals surface area contributed by atoms with Gasteiger partial charge in [0.05, 0.1) is 6.04 Å². The fourth-order valence-corrected chi connectivity index (χ4v) is 4.66. The van der Waals surface area contributed by atoms with E-state index in [9.17, 15) is 29.1 Å². The molecule has 12 heteroatoms. The number of benzene rings is 2. The average Bonchev–Trinajstić information content (AvgIpc) is 3.40. The van der Waals surface area contributed by atoms with Gasteiger partial charge >= 0.3 is 5.97 Å². The summed E-state index contributed by atoms with van der Waals surface area (Å²) in [6.07, 6.45) is 2.07. The highest BCUT2D eigenvalue weighted by Crippen LogP contribution is 2.19. The number of carbonyl (C=O) groups excluding carboxylic acids is 4. The number of nitrogens with one attached hydrogen (secondary N) is 4. The molecule has 4 amide bonds. The molecule has 0 fully saturated rings. The molecule has 0 saturated heterocycles. The van der Waals surface area contributed by atoms with E-state index >= 15 is 0 Å². The highest BCUT2D eigenvalue weighted by molar-refractivity contribution is 5.95. The lowest BCUT2D eigenvalue weighted by Gasteiger charge is -2.26. The largest absolute Gasteiger partial charge is 0.480 e. The van der Waals surface area contributed by atoms with Gasteiger partial charge in [-0.2, -0.15) is 0 Å². The number of aromatic nitrogens is 1. The summed E-state index contributed by atoms with van der Waals surface area (Å²) in [6.45, 7) is 3.68. The number of H-pyrrole nitrogens is 1. The van der Waals surface area contributed by atoms with Crippen LogP contribution in [0.3, 0.4) is 0 Å². The van der Waals surface area contributed by atoms with Crippen molar-refractivity contribution in [3.8, 4) is 0 Å². The van der Waals surface area contributed by atoms with Gasteiger partial charge in [0.2, 0.25) is 23.6 Å². The smallest absolute Gasteiger partial charge is 0.326 e. The van der Waals surface area contributed by atoms with Gasteiger partial charge in [0.15, 0.2) is 0 Å². The Kier molecular flexibility index (Phi) is 11.8. The van der Waals surface area contributed by atoms with Crippen molar-refractivity contribution in [1.82, 2.24) is 20.9 Å². The van der Waals surface area contributed by atoms with Gasteiger partial charge in [0.25, 0.3) is 0 Å². The minimum absolute atomic E-state index is 0.00187. The van der Waals surface area contributed by atoms with Crippen molar-refractivity contribution in [2.24, 2.45) is 17.4 Å². The molecular formula is C31H40N6O6. The van der Waals surface area contributed by atoms with Gasteiger partial charge < -0.3 is 37.5 Å². The fraction of sp³-hybridized carbons (Fsp3) is 0.387. The highest BCUT2D eigenvalue weighted by Gasteiger charge is 2.31. The van der Waals surface area contributed by atoms with Gasteiger partial charge in [-0.1, -0.05) is 68.8 Å². The Bertz CT molecular complexity index is 1420. The number of hydrogen-bond acceptors (Lipinski definition) is 6. The Morgan fingerprint density at radius 2 is 1.44 bits per heavy atom. The van der Waals surface area contributed by atoms with Crippen molar-refractivity contribution in [2.75, 3.05) is 0 Å². The summed E-state index contributed by atoms with van der Waals surface area (Å²) in [6, 6.07) is 11.7. The van der Waals surface area contributed by atoms with Crippen molar-refractivity contribution in [2.45, 2.75) is 70.1 Å². The van der Waals surface area contributed by atoms with Crippen LogP contribution in [0.15, 0.2) is 60.8 Å². The molecule has 12 nitrogen and oxygen atoms in total. The molecule has 3 rings (SSSR count). The molecule has 0 spiro atoms. The van der Waals surface area contributed by atoms with Gasteiger partial charge in [0.1, 0.15) is 18.1 Å². The number of carboxylic acid groups (broad SMARTS) is 1. The predicted octanol–water partition coefficient (Wildman–Crippen LogP) is 1.13. The summed E-state index contributed by atoms with van der Waals surface area (Å²) < 4.78 is 0. The first-order chi connectivity index (χ1) is 20.5. The topological polar surface area (TPSA) is 209 Å². The molecular weight excluding hydrogens is 552 g/mol. The van der Waals surface area contributed by atoms with Gasteiger partial charge in [-0.05, 0) is 29.5 Å². The first-order valence-electron chi connectivity index (χ1n) is 14.3. The molecule has 0 radical (unpaired) electrons. The standard InChI is InChI=1S/C31H40N6O6/c1-3-18(2)27(33)30(41)35-23(13-14-26(32)38)28(39)36-24(15-19-9-5-4-6-10-19)29(40)37-25(31(42)43)16-20-17-34-22-12-8-7-11-21(20)22/h4-12,17-18,23-25,27,34H,3,13-16,33H2,1-2H3,(H2,32,38)(H,35,41)(H,36,39)(H,37,40)(H,42,43). The third-order valence-corrected chi connectivity index (χ3v) is 7.50. The number of carbonyl (C=O) groups is 5. The predicted molar refractivity (Wildman–Crippen MR) is 161 cm³/mol. The minimum atomic E-state index is -1.29. The van der Waals surface area contributed by atoms with Crippen LogP contribution in [0, 0.1) is 5.92 Å². The first kappa shape index (κ1) is 32.8. The van der Waals surface area contributed by atoms with Gasteiger partial charge in [0, 0.05) is 36.4 Å². The number of aliphatic carboxylic acids is 1. The molecule has 0 bridgehead atoms. The number of hydrogen-bond donors (Lipinski definition) is 7. The van der Waals surface area contributed by atoms with E-state index in [2.05, 4.69) is 20.9 Å². The van der Waals surface area contributed by atoms with Crippen molar-refractivity contribution in [3.63, 3.8) is 0 Å². The summed E-state index contributed by atoms with van der Waals surface area (Å²) in [5, 5.41) is 18.6. The molecule has 0 aliphatic heterocycles. The maximum atomic E-state index is 13.6. The van der Waals surface area contributed by atoms with Crippen LogP contribution in [0.1, 0.15) is 44.2 Å². The molecule has 230 valence electrons. The highest BCUT2D eigenvalue weighted by atomic mass is 16.4. The molecule has 1 heterocycles. The Morgan fingerprint density at radius 1 is 0.837 bits per heavy atom. The average molecular weight is 593 g/mol. The lowest BCUT2D eigenvalue weighted by molar-refractivity contribution is -0.142. The Balaban J connectivity index is 1.82. The number of amides is 4. The lowest BCUT2D eigenvalue weighted by atomic mass is 9.98. The number of nitrogens with two attached hydrogens (primary N) is 2. The monoisotopic (exact) mass is 592 g/mol. The molecule has 9 N–H and O–H groups in total. The van der Waals surface area contributed by atoms with Crippen LogP contribution in [-0.4, -0.2) is 63.9 Å². The maximum absolute atomic E-state index is 13.6. The van der Waals surface area contributed by atoms with Crippen LogP contribution in [-0.2, 0) is 36.8 Å². The zero-order valence-electron chi connectivity index (χ0n) is 24.3.